The van der Waals surface area contributed by atoms with Gasteiger partial charge in [0.15, 0.2) is 0 Å². The van der Waals surface area contributed by atoms with Crippen LogP contribution in [0.5, 0.6) is 11.5 Å². The number of hydrogen-bond acceptors (Lipinski definition) is 4. The second kappa shape index (κ2) is 11.4. The predicted molar refractivity (Wildman–Crippen MR) is 193 cm³/mol. The third-order valence-electron chi connectivity index (χ3n) is 9.06. The van der Waals surface area contributed by atoms with Crippen LogP contribution in [0.3, 0.4) is 0 Å². The molecule has 3 heterocycles. The number of aryl methyl sites for hydroxylation is 2. The number of aromatic nitrogens is 2. The zero-order valence-corrected chi connectivity index (χ0v) is 28.6. The highest BCUT2D eigenvalue weighted by Gasteiger charge is 2.40. The molecule has 1 aliphatic heterocycles. The molecular formula is C42H43N3O2. The first kappa shape index (κ1) is 30.7. The molecule has 0 saturated carbocycles. The van der Waals surface area contributed by atoms with Crippen LogP contribution in [0.25, 0.3) is 27.6 Å². The zero-order valence-electron chi connectivity index (χ0n) is 28.6. The standard InChI is InChI=1S/C42H43N3O2/c1-26-14-17-35-34(22-26)33-16-15-31(25-36(33)45(35)37-24-30(18-19-43-37)41(3,4)5)46-32-21-27(2)20-29(23-32)40-44-39(42(6,7)8)38(47-40)28-12-10-9-11-13-28/h9-25,38-39H,1-8H3/t38-,39-/m0/s1. The molecule has 0 fully saturated rings. The first-order valence-corrected chi connectivity index (χ1v) is 16.5. The molecule has 1 aliphatic rings. The van der Waals surface area contributed by atoms with Crippen molar-refractivity contribution in [1.82, 2.24) is 9.55 Å². The molecular weight excluding hydrogens is 578 g/mol. The quantitative estimate of drug-likeness (QED) is 0.192. The minimum atomic E-state index is -0.144. The Hall–Kier alpha value is -4.90. The molecule has 2 atom stereocenters. The normalized spacial score (nSPS) is 16.8. The number of aliphatic imine (C=N–C) groups is 1. The Morgan fingerprint density at radius 1 is 0.702 bits per heavy atom. The van der Waals surface area contributed by atoms with Crippen molar-refractivity contribution in [3.05, 3.63) is 131 Å². The summed E-state index contributed by atoms with van der Waals surface area (Å²) in [6, 6.07) is 33.9. The fourth-order valence-corrected chi connectivity index (χ4v) is 6.59. The lowest BCUT2D eigenvalue weighted by Crippen LogP contribution is -2.28. The third-order valence-corrected chi connectivity index (χ3v) is 9.06. The van der Waals surface area contributed by atoms with Crippen molar-refractivity contribution in [2.75, 3.05) is 0 Å². The van der Waals surface area contributed by atoms with Crippen LogP contribution < -0.4 is 4.74 Å². The molecule has 238 valence electrons. The van der Waals surface area contributed by atoms with E-state index in [1.807, 2.05) is 18.3 Å². The summed E-state index contributed by atoms with van der Waals surface area (Å²) in [6.07, 6.45) is 1.77. The van der Waals surface area contributed by atoms with E-state index in [4.69, 9.17) is 19.5 Å². The Morgan fingerprint density at radius 2 is 1.49 bits per heavy atom. The number of benzene rings is 4. The van der Waals surface area contributed by atoms with E-state index in [2.05, 4.69) is 145 Å². The number of nitrogens with zero attached hydrogens (tertiary/aromatic N) is 3. The van der Waals surface area contributed by atoms with Gasteiger partial charge >= 0.3 is 0 Å². The summed E-state index contributed by atoms with van der Waals surface area (Å²) < 4.78 is 15.5. The van der Waals surface area contributed by atoms with E-state index >= 15 is 0 Å². The van der Waals surface area contributed by atoms with Gasteiger partial charge in [-0.25, -0.2) is 9.98 Å². The Bertz CT molecular complexity index is 2150. The van der Waals surface area contributed by atoms with Crippen molar-refractivity contribution in [3.8, 4) is 17.3 Å². The van der Waals surface area contributed by atoms with E-state index < -0.39 is 0 Å². The fourth-order valence-electron chi connectivity index (χ4n) is 6.59. The molecule has 5 heteroatoms. The first-order valence-electron chi connectivity index (χ1n) is 16.5. The van der Waals surface area contributed by atoms with Crippen molar-refractivity contribution in [3.63, 3.8) is 0 Å². The summed E-state index contributed by atoms with van der Waals surface area (Å²) in [7, 11) is 0. The Balaban J connectivity index is 1.28. The monoisotopic (exact) mass is 621 g/mol. The maximum atomic E-state index is 6.62. The van der Waals surface area contributed by atoms with Crippen molar-refractivity contribution in [2.45, 2.75) is 73.0 Å². The Labute approximate surface area is 277 Å². The van der Waals surface area contributed by atoms with E-state index in [1.165, 1.54) is 16.5 Å². The van der Waals surface area contributed by atoms with Gasteiger partial charge in [-0.05, 0) is 96.0 Å². The van der Waals surface area contributed by atoms with Crippen LogP contribution in [0.2, 0.25) is 0 Å². The van der Waals surface area contributed by atoms with E-state index in [9.17, 15) is 0 Å². The van der Waals surface area contributed by atoms with Crippen LogP contribution in [0.1, 0.15) is 75.5 Å². The second-order valence-electron chi connectivity index (χ2n) is 15.0. The molecule has 0 N–H and O–H groups in total. The molecule has 6 aromatic rings. The molecule has 0 unspecified atom stereocenters. The van der Waals surface area contributed by atoms with Crippen molar-refractivity contribution >= 4 is 27.7 Å². The largest absolute Gasteiger partial charge is 0.467 e. The molecule has 4 aromatic carbocycles. The molecule has 7 rings (SSSR count). The molecule has 0 spiro atoms. The smallest absolute Gasteiger partial charge is 0.217 e. The highest BCUT2D eigenvalue weighted by atomic mass is 16.5. The lowest BCUT2D eigenvalue weighted by atomic mass is 9.82. The van der Waals surface area contributed by atoms with Crippen LogP contribution >= 0.6 is 0 Å². The van der Waals surface area contributed by atoms with Gasteiger partial charge in [0, 0.05) is 28.6 Å². The van der Waals surface area contributed by atoms with Crippen LogP contribution in [-0.4, -0.2) is 21.5 Å². The number of ether oxygens (including phenoxy) is 2. The van der Waals surface area contributed by atoms with Crippen molar-refractivity contribution < 1.29 is 9.47 Å². The summed E-state index contributed by atoms with van der Waals surface area (Å²) in [6.45, 7) is 17.6. The number of rotatable bonds is 5. The van der Waals surface area contributed by atoms with Gasteiger partial charge in [0.1, 0.15) is 23.4 Å². The summed E-state index contributed by atoms with van der Waals surface area (Å²) >= 11 is 0. The second-order valence-corrected chi connectivity index (χ2v) is 15.0. The lowest BCUT2D eigenvalue weighted by molar-refractivity contribution is 0.139. The molecule has 0 aliphatic carbocycles. The van der Waals surface area contributed by atoms with Gasteiger partial charge in [0.25, 0.3) is 0 Å². The summed E-state index contributed by atoms with van der Waals surface area (Å²) in [4.78, 5) is 9.99. The topological polar surface area (TPSA) is 48.6 Å². The Morgan fingerprint density at radius 3 is 2.23 bits per heavy atom. The molecule has 5 nitrogen and oxygen atoms in total. The minimum absolute atomic E-state index is 0.00548. The van der Waals surface area contributed by atoms with Gasteiger partial charge in [0.2, 0.25) is 5.90 Å². The third kappa shape index (κ3) is 5.91. The summed E-state index contributed by atoms with van der Waals surface area (Å²) in [5, 5.41) is 2.36. The SMILES string of the molecule is Cc1cc(Oc2ccc3c4cc(C)ccc4n(-c4cc(C(C)(C)C)ccn4)c3c2)cc(C2=N[C@H](C(C)(C)C)[C@H](c3ccccc3)O2)c1. The highest BCUT2D eigenvalue weighted by Crippen LogP contribution is 2.41. The van der Waals surface area contributed by atoms with Gasteiger partial charge in [-0.15, -0.1) is 0 Å². The van der Waals surface area contributed by atoms with Gasteiger partial charge < -0.3 is 9.47 Å². The maximum absolute atomic E-state index is 6.62. The van der Waals surface area contributed by atoms with Gasteiger partial charge in [-0.1, -0.05) is 83.5 Å². The molecule has 0 saturated heterocycles. The van der Waals surface area contributed by atoms with Crippen molar-refractivity contribution in [1.29, 1.82) is 0 Å². The lowest BCUT2D eigenvalue weighted by Gasteiger charge is -2.28. The molecule has 0 radical (unpaired) electrons. The first-order chi connectivity index (χ1) is 22.3. The molecule has 47 heavy (non-hydrogen) atoms. The van der Waals surface area contributed by atoms with Gasteiger partial charge in [0.05, 0.1) is 17.1 Å². The zero-order chi connectivity index (χ0) is 33.1. The average Bonchev–Trinajstić information content (AvgIpc) is 3.61. The number of pyridine rings is 1. The van der Waals surface area contributed by atoms with Crippen LogP contribution in [-0.2, 0) is 10.2 Å². The average molecular weight is 622 g/mol. The van der Waals surface area contributed by atoms with E-state index in [-0.39, 0.29) is 23.0 Å². The molecule has 2 aromatic heterocycles. The number of hydrogen-bond donors (Lipinski definition) is 0. The summed E-state index contributed by atoms with van der Waals surface area (Å²) in [5.41, 5.74) is 7.70. The van der Waals surface area contributed by atoms with Crippen LogP contribution in [0.4, 0.5) is 0 Å². The van der Waals surface area contributed by atoms with Crippen LogP contribution in [0.15, 0.2) is 108 Å². The van der Waals surface area contributed by atoms with Gasteiger partial charge in [-0.2, -0.15) is 0 Å². The van der Waals surface area contributed by atoms with Gasteiger partial charge in [-0.3, -0.25) is 4.57 Å². The highest BCUT2D eigenvalue weighted by molar-refractivity contribution is 6.09. The van der Waals surface area contributed by atoms with E-state index in [0.717, 1.165) is 50.4 Å². The van der Waals surface area contributed by atoms with Crippen molar-refractivity contribution in [2.24, 2.45) is 10.4 Å². The maximum Gasteiger partial charge on any atom is 0.217 e. The predicted octanol–water partition coefficient (Wildman–Crippen LogP) is 10.8. The van der Waals surface area contributed by atoms with E-state index in [1.54, 1.807) is 0 Å². The molecule has 0 bridgehead atoms. The fraction of sp³-hybridized carbons (Fsp3) is 0.286. The summed E-state index contributed by atoms with van der Waals surface area (Å²) in [5.74, 6) is 3.05. The number of fused-ring (bicyclic) bond motifs is 3. The van der Waals surface area contributed by atoms with Crippen LogP contribution in [0, 0.1) is 19.3 Å². The van der Waals surface area contributed by atoms with E-state index in [0.29, 0.717) is 5.90 Å². The molecule has 0 amide bonds. The Kier molecular flexibility index (Phi) is 7.46. The minimum Gasteiger partial charge on any atom is -0.467 e.